The molecule has 3 N–H and O–H groups in total. The van der Waals surface area contributed by atoms with Crippen molar-refractivity contribution in [2.24, 2.45) is 0 Å². The van der Waals surface area contributed by atoms with Gasteiger partial charge in [0.1, 0.15) is 0 Å². The van der Waals surface area contributed by atoms with Crippen molar-refractivity contribution in [1.82, 2.24) is 9.97 Å². The zero-order valence-corrected chi connectivity index (χ0v) is 11.3. The first-order valence-electron chi connectivity index (χ1n) is 5.88. The first kappa shape index (κ1) is 15.3. The molecule has 0 aliphatic carbocycles. The van der Waals surface area contributed by atoms with Crippen molar-refractivity contribution in [2.45, 2.75) is 25.9 Å². The van der Waals surface area contributed by atoms with Gasteiger partial charge in [-0.2, -0.15) is 0 Å². The summed E-state index contributed by atoms with van der Waals surface area (Å²) in [7, 11) is 1.56. The number of carboxylic acid groups (broad SMARTS) is 1. The summed E-state index contributed by atoms with van der Waals surface area (Å²) in [5, 5.41) is 21.8. The SMILES string of the molecule is COCCC(C)(O)CNc1nc(C)cc(C(=O)O)n1. The highest BCUT2D eigenvalue weighted by atomic mass is 16.5. The summed E-state index contributed by atoms with van der Waals surface area (Å²) >= 11 is 0. The first-order chi connectivity index (χ1) is 8.84. The van der Waals surface area contributed by atoms with Gasteiger partial charge in [-0.05, 0) is 19.9 Å². The highest BCUT2D eigenvalue weighted by Gasteiger charge is 2.20. The summed E-state index contributed by atoms with van der Waals surface area (Å²) in [5.41, 5.74) is -0.509. The van der Waals surface area contributed by atoms with E-state index in [1.807, 2.05) is 0 Å². The fourth-order valence-electron chi connectivity index (χ4n) is 1.44. The molecule has 0 fully saturated rings. The van der Waals surface area contributed by atoms with E-state index >= 15 is 0 Å². The minimum absolute atomic E-state index is 0.0773. The Morgan fingerprint density at radius 1 is 1.53 bits per heavy atom. The summed E-state index contributed by atoms with van der Waals surface area (Å²) in [6.45, 7) is 3.98. The molecule has 0 saturated heterocycles. The lowest BCUT2D eigenvalue weighted by molar-refractivity contribution is 0.0356. The van der Waals surface area contributed by atoms with E-state index in [1.54, 1.807) is 21.0 Å². The van der Waals surface area contributed by atoms with Crippen LogP contribution in [0.3, 0.4) is 0 Å². The number of carbonyl (C=O) groups is 1. The molecule has 1 unspecified atom stereocenters. The van der Waals surface area contributed by atoms with Crippen LogP contribution in [0.15, 0.2) is 6.07 Å². The maximum atomic E-state index is 10.9. The third kappa shape index (κ3) is 5.19. The molecule has 1 rings (SSSR count). The van der Waals surface area contributed by atoms with Crippen LogP contribution in [0.5, 0.6) is 0 Å². The number of hydrogen-bond acceptors (Lipinski definition) is 6. The molecule has 0 aromatic carbocycles. The maximum Gasteiger partial charge on any atom is 0.354 e. The van der Waals surface area contributed by atoms with Gasteiger partial charge in [0, 0.05) is 32.4 Å². The Bertz CT molecular complexity index is 449. The van der Waals surface area contributed by atoms with E-state index < -0.39 is 11.6 Å². The highest BCUT2D eigenvalue weighted by Crippen LogP contribution is 2.11. The van der Waals surface area contributed by atoms with Gasteiger partial charge in [0.2, 0.25) is 5.95 Å². The van der Waals surface area contributed by atoms with Crippen molar-refractivity contribution >= 4 is 11.9 Å². The molecular weight excluding hydrogens is 250 g/mol. The molecule has 7 nitrogen and oxygen atoms in total. The topological polar surface area (TPSA) is 105 Å². The second-order valence-corrected chi connectivity index (χ2v) is 4.62. The fraction of sp³-hybridized carbons (Fsp3) is 0.583. The molecule has 0 radical (unpaired) electrons. The number of carboxylic acids is 1. The fourth-order valence-corrected chi connectivity index (χ4v) is 1.44. The van der Waals surface area contributed by atoms with Gasteiger partial charge < -0.3 is 20.3 Å². The molecule has 0 saturated carbocycles. The number of hydrogen-bond donors (Lipinski definition) is 3. The Morgan fingerprint density at radius 2 is 2.21 bits per heavy atom. The van der Waals surface area contributed by atoms with Crippen molar-refractivity contribution in [1.29, 1.82) is 0 Å². The Labute approximate surface area is 111 Å². The van der Waals surface area contributed by atoms with Gasteiger partial charge in [-0.25, -0.2) is 14.8 Å². The van der Waals surface area contributed by atoms with Crippen LogP contribution in [-0.2, 0) is 4.74 Å². The van der Waals surface area contributed by atoms with Crippen LogP contribution in [0.1, 0.15) is 29.5 Å². The van der Waals surface area contributed by atoms with Gasteiger partial charge >= 0.3 is 5.97 Å². The molecule has 19 heavy (non-hydrogen) atoms. The van der Waals surface area contributed by atoms with E-state index in [-0.39, 0.29) is 18.2 Å². The Hall–Kier alpha value is -1.73. The summed E-state index contributed by atoms with van der Waals surface area (Å²) in [4.78, 5) is 18.8. The van der Waals surface area contributed by atoms with Crippen molar-refractivity contribution in [3.8, 4) is 0 Å². The summed E-state index contributed by atoms with van der Waals surface area (Å²) in [5.74, 6) is -0.921. The average molecular weight is 269 g/mol. The molecule has 1 aromatic heterocycles. The smallest absolute Gasteiger partial charge is 0.354 e. The van der Waals surface area contributed by atoms with Crippen molar-refractivity contribution in [3.63, 3.8) is 0 Å². The van der Waals surface area contributed by atoms with Crippen LogP contribution >= 0.6 is 0 Å². The number of aromatic carboxylic acids is 1. The minimum atomic E-state index is -1.11. The van der Waals surface area contributed by atoms with Gasteiger partial charge in [0.15, 0.2) is 5.69 Å². The highest BCUT2D eigenvalue weighted by molar-refractivity contribution is 5.85. The molecule has 0 bridgehead atoms. The van der Waals surface area contributed by atoms with E-state index in [0.717, 1.165) is 0 Å². The molecule has 0 spiro atoms. The van der Waals surface area contributed by atoms with Crippen molar-refractivity contribution < 1.29 is 19.7 Å². The number of anilines is 1. The lowest BCUT2D eigenvalue weighted by Gasteiger charge is -2.23. The number of aromatic nitrogens is 2. The van der Waals surface area contributed by atoms with Gasteiger partial charge in [0.05, 0.1) is 5.60 Å². The van der Waals surface area contributed by atoms with Crippen LogP contribution in [0.4, 0.5) is 5.95 Å². The van der Waals surface area contributed by atoms with Gasteiger partial charge in [-0.3, -0.25) is 0 Å². The van der Waals surface area contributed by atoms with E-state index in [9.17, 15) is 9.90 Å². The normalized spacial score (nSPS) is 13.9. The van der Waals surface area contributed by atoms with Gasteiger partial charge in [-0.15, -0.1) is 0 Å². The lowest BCUT2D eigenvalue weighted by atomic mass is 10.0. The van der Waals surface area contributed by atoms with Gasteiger partial charge in [0.25, 0.3) is 0 Å². The number of aliphatic hydroxyl groups is 1. The second-order valence-electron chi connectivity index (χ2n) is 4.62. The first-order valence-corrected chi connectivity index (χ1v) is 5.88. The number of nitrogens with one attached hydrogen (secondary N) is 1. The Balaban J connectivity index is 2.69. The number of rotatable bonds is 7. The van der Waals surface area contributed by atoms with E-state index in [0.29, 0.717) is 18.7 Å². The minimum Gasteiger partial charge on any atom is -0.477 e. The van der Waals surface area contributed by atoms with E-state index in [1.165, 1.54) is 6.07 Å². The molecule has 1 heterocycles. The predicted molar refractivity (Wildman–Crippen MR) is 69.3 cm³/mol. The maximum absolute atomic E-state index is 10.9. The molecule has 106 valence electrons. The number of aryl methyl sites for hydroxylation is 1. The largest absolute Gasteiger partial charge is 0.477 e. The molecule has 0 amide bonds. The zero-order chi connectivity index (χ0) is 14.5. The Morgan fingerprint density at radius 3 is 2.79 bits per heavy atom. The van der Waals surface area contributed by atoms with E-state index in [2.05, 4.69) is 15.3 Å². The van der Waals surface area contributed by atoms with Crippen LogP contribution in [0, 0.1) is 6.92 Å². The third-order valence-corrected chi connectivity index (χ3v) is 2.55. The standard InChI is InChI=1S/C12H19N3O4/c1-8-6-9(10(16)17)15-11(14-8)13-7-12(2,18)4-5-19-3/h6,18H,4-5,7H2,1-3H3,(H,16,17)(H,13,14,15). The molecule has 1 atom stereocenters. The summed E-state index contributed by atoms with van der Waals surface area (Å²) < 4.78 is 4.90. The molecule has 0 aliphatic heterocycles. The van der Waals surface area contributed by atoms with Gasteiger partial charge in [-0.1, -0.05) is 0 Å². The van der Waals surface area contributed by atoms with Crippen LogP contribution in [-0.4, -0.2) is 52.0 Å². The number of ether oxygens (including phenoxy) is 1. The quantitative estimate of drug-likeness (QED) is 0.668. The molecule has 7 heteroatoms. The average Bonchev–Trinajstić information content (AvgIpc) is 2.33. The monoisotopic (exact) mass is 269 g/mol. The van der Waals surface area contributed by atoms with Crippen molar-refractivity contribution in [3.05, 3.63) is 17.5 Å². The van der Waals surface area contributed by atoms with Crippen LogP contribution in [0.2, 0.25) is 0 Å². The number of methoxy groups -OCH3 is 1. The number of nitrogens with zero attached hydrogens (tertiary/aromatic N) is 2. The second kappa shape index (κ2) is 6.44. The van der Waals surface area contributed by atoms with Crippen LogP contribution in [0.25, 0.3) is 0 Å². The molecular formula is C12H19N3O4. The van der Waals surface area contributed by atoms with Crippen LogP contribution < -0.4 is 5.32 Å². The lowest BCUT2D eigenvalue weighted by Crippen LogP contribution is -2.35. The molecule has 0 aliphatic rings. The van der Waals surface area contributed by atoms with Crippen molar-refractivity contribution in [2.75, 3.05) is 25.6 Å². The Kier molecular flexibility index (Phi) is 5.20. The summed E-state index contributed by atoms with van der Waals surface area (Å²) in [6.07, 6.45) is 0.452. The van der Waals surface area contributed by atoms with E-state index in [4.69, 9.17) is 9.84 Å². The summed E-state index contributed by atoms with van der Waals surface area (Å²) in [6, 6.07) is 1.39. The predicted octanol–water partition coefficient (Wildman–Crippen LogP) is 0.683. The third-order valence-electron chi connectivity index (χ3n) is 2.55. The zero-order valence-electron chi connectivity index (χ0n) is 11.3. The molecule has 1 aromatic rings.